The number of fused-ring (bicyclic) bond motifs is 4. The van der Waals surface area contributed by atoms with E-state index >= 15 is 0 Å². The highest BCUT2D eigenvalue weighted by molar-refractivity contribution is 7.90. The predicted octanol–water partition coefficient (Wildman–Crippen LogP) is 6.00. The van der Waals surface area contributed by atoms with Crippen molar-refractivity contribution in [2.75, 3.05) is 63.4 Å². The van der Waals surface area contributed by atoms with Crippen molar-refractivity contribution in [2.24, 2.45) is 29.1 Å². The summed E-state index contributed by atoms with van der Waals surface area (Å²) >= 11 is 12.7. The lowest BCUT2D eigenvalue weighted by Crippen LogP contribution is -2.65. The van der Waals surface area contributed by atoms with Crippen LogP contribution < -0.4 is 14.4 Å². The van der Waals surface area contributed by atoms with Gasteiger partial charge in [-0.2, -0.15) is 0 Å². The zero-order chi connectivity index (χ0) is 37.8. The molecular formula is C41H55Cl2N3O7S. The molecule has 0 unspecified atom stereocenters. The molecule has 3 fully saturated rings. The van der Waals surface area contributed by atoms with E-state index in [1.807, 2.05) is 25.1 Å². The fraction of sp³-hybridized carbons (Fsp3) is 0.683. The number of hydrogen-bond donors (Lipinski definition) is 2. The number of rotatable bonds is 4. The number of benzene rings is 2. The van der Waals surface area contributed by atoms with Crippen LogP contribution in [0, 0.1) is 29.1 Å². The van der Waals surface area contributed by atoms with E-state index in [1.54, 1.807) is 13.0 Å². The minimum atomic E-state index is -3.94. The van der Waals surface area contributed by atoms with Crippen LogP contribution >= 0.6 is 23.2 Å². The summed E-state index contributed by atoms with van der Waals surface area (Å²) in [5, 5.41) is 9.88. The number of sulfonamides is 1. The van der Waals surface area contributed by atoms with Gasteiger partial charge in [-0.3, -0.25) is 9.69 Å². The number of carbonyl (C=O) groups excluding carboxylic acids is 1. The minimum absolute atomic E-state index is 0.0802. The summed E-state index contributed by atoms with van der Waals surface area (Å²) in [7, 11) is -3.94. The van der Waals surface area contributed by atoms with Gasteiger partial charge in [0.15, 0.2) is 6.29 Å². The molecule has 4 aliphatic heterocycles. The van der Waals surface area contributed by atoms with Gasteiger partial charge in [0, 0.05) is 59.4 Å². The summed E-state index contributed by atoms with van der Waals surface area (Å²) in [6, 6.07) is 11.7. The fourth-order valence-corrected chi connectivity index (χ4v) is 12.0. The monoisotopic (exact) mass is 803 g/mol. The Morgan fingerprint density at radius 1 is 0.981 bits per heavy atom. The Kier molecular flexibility index (Phi) is 11.0. The number of carbonyl (C=O) groups is 1. The molecule has 296 valence electrons. The van der Waals surface area contributed by atoms with Crippen molar-refractivity contribution in [3.05, 3.63) is 58.1 Å². The first-order chi connectivity index (χ1) is 25.9. The van der Waals surface area contributed by atoms with Gasteiger partial charge in [0.1, 0.15) is 5.75 Å². The second-order valence-corrected chi connectivity index (χ2v) is 20.2. The molecular weight excluding hydrogens is 749 g/mol. The van der Waals surface area contributed by atoms with E-state index in [9.17, 15) is 18.3 Å². The van der Waals surface area contributed by atoms with Crippen LogP contribution in [-0.2, 0) is 31.3 Å². The first-order valence-corrected chi connectivity index (χ1v) is 22.4. The van der Waals surface area contributed by atoms with Crippen LogP contribution in [0.4, 0.5) is 5.69 Å². The fourth-order valence-electron chi connectivity index (χ4n) is 10.2. The molecule has 6 aliphatic rings. The second kappa shape index (κ2) is 15.3. The average Bonchev–Trinajstić information content (AvgIpc) is 3.28. The second-order valence-electron chi connectivity index (χ2n) is 17.4. The lowest BCUT2D eigenvalue weighted by atomic mass is 9.64. The van der Waals surface area contributed by atoms with Crippen LogP contribution in [0.5, 0.6) is 5.75 Å². The van der Waals surface area contributed by atoms with Crippen molar-refractivity contribution in [1.29, 1.82) is 0 Å². The molecule has 2 aliphatic carbocycles. The van der Waals surface area contributed by atoms with Crippen LogP contribution in [-0.4, -0.2) is 100 Å². The summed E-state index contributed by atoms with van der Waals surface area (Å²) in [6.45, 7) is 8.36. The minimum Gasteiger partial charge on any atom is -0.490 e. The van der Waals surface area contributed by atoms with Crippen molar-refractivity contribution in [3.8, 4) is 5.75 Å². The maximum atomic E-state index is 13.6. The van der Waals surface area contributed by atoms with Gasteiger partial charge in [-0.15, -0.1) is 11.6 Å². The maximum absolute atomic E-state index is 13.6. The number of nitrogens with one attached hydrogen (secondary N) is 1. The van der Waals surface area contributed by atoms with E-state index in [0.717, 1.165) is 75.3 Å². The number of hydrogen-bond acceptors (Lipinski definition) is 9. The Morgan fingerprint density at radius 2 is 1.78 bits per heavy atom. The van der Waals surface area contributed by atoms with Crippen molar-refractivity contribution >= 4 is 44.8 Å². The molecule has 2 saturated heterocycles. The molecule has 2 N–H and O–H groups in total. The van der Waals surface area contributed by atoms with Crippen molar-refractivity contribution in [2.45, 2.75) is 88.2 Å². The van der Waals surface area contributed by atoms with Gasteiger partial charge in [-0.1, -0.05) is 31.0 Å². The van der Waals surface area contributed by atoms with Crippen LogP contribution in [0.1, 0.15) is 80.3 Å². The molecule has 10 nitrogen and oxygen atoms in total. The van der Waals surface area contributed by atoms with E-state index in [4.69, 9.17) is 37.4 Å². The van der Waals surface area contributed by atoms with Crippen LogP contribution in [0.15, 0.2) is 36.4 Å². The molecule has 54 heavy (non-hydrogen) atoms. The van der Waals surface area contributed by atoms with E-state index in [2.05, 4.69) is 26.7 Å². The molecule has 1 spiro atoms. The van der Waals surface area contributed by atoms with Crippen LogP contribution in [0.25, 0.3) is 0 Å². The standard InChI is InChI=1S/C41H55Cl2N3O7S/c1-26-5-3-7-34(39-51-18-32(19-52-39)46-21-40(20-42,22-46)24-47)33-11-8-30(33)17-45-23-41(14-4-6-28-15-31(43)10-12-35(28)41)25-53-37-13-9-29(16-36(37)45)38(48)44-54(49,50)27(26)2/h9-10,12-13,15-16,26-27,30,32-34,39,47H,3-8,11,14,17-25H2,1-2H3,(H,44,48)/t26-,27+,30-,32?,33+,34-,39?,41-/m0/s1. The third-order valence-corrected chi connectivity index (χ3v) is 16.7. The van der Waals surface area contributed by atoms with Crippen LogP contribution in [0.2, 0.25) is 5.02 Å². The molecule has 8 rings (SSSR count). The first-order valence-electron chi connectivity index (χ1n) is 19.9. The summed E-state index contributed by atoms with van der Waals surface area (Å²) in [5.74, 6) is 1.28. The zero-order valence-corrected chi connectivity index (χ0v) is 33.8. The Morgan fingerprint density at radius 3 is 2.50 bits per heavy atom. The number of aliphatic hydroxyl groups is 1. The molecule has 2 bridgehead atoms. The van der Waals surface area contributed by atoms with E-state index in [-0.39, 0.29) is 41.6 Å². The lowest BCUT2D eigenvalue weighted by Gasteiger charge is -2.53. The molecule has 0 aromatic heterocycles. The summed E-state index contributed by atoms with van der Waals surface area (Å²) < 4.78 is 49.4. The summed E-state index contributed by atoms with van der Waals surface area (Å²) in [4.78, 5) is 18.4. The van der Waals surface area contributed by atoms with Crippen molar-refractivity contribution in [1.82, 2.24) is 9.62 Å². The molecule has 13 heteroatoms. The average molecular weight is 805 g/mol. The van der Waals surface area contributed by atoms with Crippen molar-refractivity contribution < 1.29 is 32.5 Å². The molecule has 1 amide bonds. The number of amides is 1. The Bertz CT molecular complexity index is 1810. The van der Waals surface area contributed by atoms with Gasteiger partial charge in [0.05, 0.1) is 43.4 Å². The van der Waals surface area contributed by atoms with Gasteiger partial charge in [0.2, 0.25) is 10.0 Å². The first kappa shape index (κ1) is 38.7. The number of likely N-dealkylation sites (tertiary alicyclic amines) is 1. The Labute approximate surface area is 330 Å². The summed E-state index contributed by atoms with van der Waals surface area (Å²) in [5.41, 5.74) is 3.15. The largest absolute Gasteiger partial charge is 0.490 e. The summed E-state index contributed by atoms with van der Waals surface area (Å²) in [6.07, 6.45) is 7.21. The highest BCUT2D eigenvalue weighted by Crippen LogP contribution is 2.49. The van der Waals surface area contributed by atoms with E-state index < -0.39 is 21.2 Å². The Balaban J connectivity index is 1.10. The van der Waals surface area contributed by atoms with E-state index in [0.29, 0.717) is 61.8 Å². The number of aryl methyl sites for hydroxylation is 1. The molecule has 0 radical (unpaired) electrons. The van der Waals surface area contributed by atoms with Gasteiger partial charge in [-0.05, 0) is 111 Å². The normalized spacial score (nSPS) is 35.3. The topological polar surface area (TPSA) is 118 Å². The van der Waals surface area contributed by atoms with Crippen molar-refractivity contribution in [3.63, 3.8) is 0 Å². The third kappa shape index (κ3) is 7.29. The molecule has 4 heterocycles. The quantitative estimate of drug-likeness (QED) is 0.360. The number of alkyl halides is 1. The zero-order valence-electron chi connectivity index (χ0n) is 31.5. The lowest BCUT2D eigenvalue weighted by molar-refractivity contribution is -0.253. The number of aliphatic hydroxyl groups excluding tert-OH is 1. The predicted molar refractivity (Wildman–Crippen MR) is 210 cm³/mol. The molecule has 1 saturated carbocycles. The van der Waals surface area contributed by atoms with Gasteiger partial charge >= 0.3 is 0 Å². The highest BCUT2D eigenvalue weighted by Gasteiger charge is 2.49. The molecule has 2 aromatic carbocycles. The van der Waals surface area contributed by atoms with Gasteiger partial charge in [0.25, 0.3) is 5.91 Å². The van der Waals surface area contributed by atoms with Crippen LogP contribution in [0.3, 0.4) is 0 Å². The maximum Gasteiger partial charge on any atom is 0.264 e. The third-order valence-electron chi connectivity index (χ3n) is 14.0. The number of nitrogens with zero attached hydrogens (tertiary/aromatic N) is 2. The van der Waals surface area contributed by atoms with Gasteiger partial charge < -0.3 is 24.2 Å². The molecule has 2 aromatic rings. The Hall–Kier alpha value is -2.12. The molecule has 6 atom stereocenters. The smallest absolute Gasteiger partial charge is 0.264 e. The highest BCUT2D eigenvalue weighted by atomic mass is 35.5. The number of ether oxygens (including phenoxy) is 3. The SMILES string of the molecule is C[C@@H]1[C@@H](C)CCC[C@H](C2OCC(N3CC(CO)(CCl)C3)CO2)[C@@H]2CC[C@H]2CN2C[C@@]3(CCCc4cc(Cl)ccc43)COc3ccc(cc32)C(=O)NS1(=O)=O. The van der Waals surface area contributed by atoms with E-state index in [1.165, 1.54) is 11.1 Å². The van der Waals surface area contributed by atoms with Gasteiger partial charge in [-0.25, -0.2) is 13.1 Å². The number of halogens is 2. The number of anilines is 1.